The normalized spacial score (nSPS) is 22.8. The van der Waals surface area contributed by atoms with Gasteiger partial charge in [-0.05, 0) is 55.7 Å². The highest BCUT2D eigenvalue weighted by Gasteiger charge is 2.32. The Balaban J connectivity index is 1.91. The van der Waals surface area contributed by atoms with Gasteiger partial charge in [0.25, 0.3) is 0 Å². The molecule has 1 aromatic rings. The second-order valence-electron chi connectivity index (χ2n) is 8.83. The number of ether oxygens (including phenoxy) is 1. The third-order valence-corrected chi connectivity index (χ3v) is 6.37. The number of terminal acetylenes is 1. The van der Waals surface area contributed by atoms with Crippen molar-refractivity contribution >= 4 is 0 Å². The number of benzene rings is 1. The van der Waals surface area contributed by atoms with Crippen LogP contribution in [0.2, 0.25) is 0 Å². The molecule has 0 aliphatic heterocycles. The average Bonchev–Trinajstić information content (AvgIpc) is 2.70. The summed E-state index contributed by atoms with van der Waals surface area (Å²) in [6.07, 6.45) is 19.0. The van der Waals surface area contributed by atoms with Crippen LogP contribution in [-0.2, 0) is 5.60 Å². The molecule has 0 aromatic heterocycles. The molecule has 1 saturated carbocycles. The van der Waals surface area contributed by atoms with E-state index in [9.17, 15) is 5.11 Å². The summed E-state index contributed by atoms with van der Waals surface area (Å²) in [4.78, 5) is 0. The first kappa shape index (κ1) is 22.8. The van der Waals surface area contributed by atoms with E-state index in [4.69, 9.17) is 11.2 Å². The van der Waals surface area contributed by atoms with Gasteiger partial charge in [0.15, 0.2) is 5.60 Å². The van der Waals surface area contributed by atoms with E-state index in [1.165, 1.54) is 57.8 Å². The average molecular weight is 385 g/mol. The lowest BCUT2D eigenvalue weighted by molar-refractivity contribution is 0.0579. The van der Waals surface area contributed by atoms with E-state index in [2.05, 4.69) is 26.7 Å². The van der Waals surface area contributed by atoms with Crippen LogP contribution in [0.15, 0.2) is 24.3 Å². The maximum atomic E-state index is 11.2. The largest absolute Gasteiger partial charge is 0.491 e. The van der Waals surface area contributed by atoms with E-state index in [0.717, 1.165) is 23.7 Å². The van der Waals surface area contributed by atoms with Crippen molar-refractivity contribution in [1.29, 1.82) is 0 Å². The fraction of sp³-hybridized carbons (Fsp3) is 0.692. The lowest BCUT2D eigenvalue weighted by atomic mass is 9.74. The molecule has 0 spiro atoms. The van der Waals surface area contributed by atoms with Crippen LogP contribution >= 0.6 is 0 Å². The van der Waals surface area contributed by atoms with Crippen molar-refractivity contribution in [2.45, 2.75) is 103 Å². The van der Waals surface area contributed by atoms with Crippen LogP contribution in [0.4, 0.5) is 0 Å². The van der Waals surface area contributed by atoms with Gasteiger partial charge in [-0.15, -0.1) is 6.42 Å². The molecule has 1 aromatic carbocycles. The smallest absolute Gasteiger partial charge is 0.150 e. The Labute approximate surface area is 173 Å². The molecule has 0 amide bonds. The molecule has 2 rings (SSSR count). The monoisotopic (exact) mass is 384 g/mol. The lowest BCUT2D eigenvalue weighted by Gasteiger charge is -2.33. The Morgan fingerprint density at radius 1 is 1.07 bits per heavy atom. The first-order valence-corrected chi connectivity index (χ1v) is 11.5. The van der Waals surface area contributed by atoms with Gasteiger partial charge in [0, 0.05) is 0 Å². The summed E-state index contributed by atoms with van der Waals surface area (Å²) < 4.78 is 6.01. The Morgan fingerprint density at radius 2 is 1.71 bits per heavy atom. The summed E-state index contributed by atoms with van der Waals surface area (Å²) in [5.41, 5.74) is -0.357. The summed E-state index contributed by atoms with van der Waals surface area (Å²) in [6, 6.07) is 7.78. The van der Waals surface area contributed by atoms with E-state index in [-0.39, 0.29) is 6.10 Å². The SMILES string of the molecule is C#CC(O)(CC1CCC(CCC)CC1)c1ccc(OC(C)CCCCC)cc1. The Bertz CT molecular complexity index is 592. The predicted octanol–water partition coefficient (Wildman–Crippen LogP) is 6.85. The first-order chi connectivity index (χ1) is 13.5. The van der Waals surface area contributed by atoms with Crippen LogP contribution in [-0.4, -0.2) is 11.2 Å². The zero-order valence-corrected chi connectivity index (χ0v) is 18.3. The Kier molecular flexibility index (Phi) is 9.39. The highest BCUT2D eigenvalue weighted by atomic mass is 16.5. The van der Waals surface area contributed by atoms with Crippen LogP contribution in [0, 0.1) is 24.2 Å². The molecule has 2 unspecified atom stereocenters. The number of hydrogen-bond acceptors (Lipinski definition) is 2. The zero-order chi connectivity index (χ0) is 20.4. The lowest BCUT2D eigenvalue weighted by Crippen LogP contribution is -2.29. The topological polar surface area (TPSA) is 29.5 Å². The van der Waals surface area contributed by atoms with Gasteiger partial charge in [-0.25, -0.2) is 0 Å². The number of rotatable bonds is 11. The van der Waals surface area contributed by atoms with Gasteiger partial charge in [0.1, 0.15) is 5.75 Å². The molecule has 0 heterocycles. The quantitative estimate of drug-likeness (QED) is 0.334. The van der Waals surface area contributed by atoms with Crippen molar-refractivity contribution in [3.8, 4) is 18.1 Å². The van der Waals surface area contributed by atoms with Gasteiger partial charge in [0.05, 0.1) is 6.10 Å². The van der Waals surface area contributed by atoms with E-state index >= 15 is 0 Å². The summed E-state index contributed by atoms with van der Waals surface area (Å²) in [7, 11) is 0. The molecular formula is C26H40O2. The third-order valence-electron chi connectivity index (χ3n) is 6.37. The minimum Gasteiger partial charge on any atom is -0.491 e. The molecule has 1 aliphatic carbocycles. The second kappa shape index (κ2) is 11.5. The number of aliphatic hydroxyl groups is 1. The van der Waals surface area contributed by atoms with Crippen LogP contribution < -0.4 is 4.74 Å². The van der Waals surface area contributed by atoms with E-state index in [1.54, 1.807) is 0 Å². The number of unbranched alkanes of at least 4 members (excludes halogenated alkanes) is 2. The van der Waals surface area contributed by atoms with E-state index < -0.39 is 5.60 Å². The summed E-state index contributed by atoms with van der Waals surface area (Å²) in [5, 5.41) is 11.2. The molecule has 1 fully saturated rings. The summed E-state index contributed by atoms with van der Waals surface area (Å²) >= 11 is 0. The first-order valence-electron chi connectivity index (χ1n) is 11.5. The van der Waals surface area contributed by atoms with Gasteiger partial charge < -0.3 is 9.84 Å². The minimum absolute atomic E-state index is 0.210. The highest BCUT2D eigenvalue weighted by Crippen LogP contribution is 2.38. The standard InChI is InChI=1S/C26H40O2/c1-5-8-9-11-21(4)28-25-18-16-24(17-19-25)26(27,7-3)20-23-14-12-22(10-6-2)13-15-23/h3,16-19,21-23,27H,5-6,8-15,20H2,1-2,4H3. The van der Waals surface area contributed by atoms with Crippen LogP contribution in [0.5, 0.6) is 5.75 Å². The second-order valence-corrected chi connectivity index (χ2v) is 8.83. The van der Waals surface area contributed by atoms with Crippen molar-refractivity contribution < 1.29 is 9.84 Å². The van der Waals surface area contributed by atoms with Crippen LogP contribution in [0.25, 0.3) is 0 Å². The van der Waals surface area contributed by atoms with Crippen LogP contribution in [0.1, 0.15) is 97.0 Å². The molecule has 2 nitrogen and oxygen atoms in total. The highest BCUT2D eigenvalue weighted by molar-refractivity contribution is 5.35. The fourth-order valence-corrected chi connectivity index (χ4v) is 4.59. The minimum atomic E-state index is -1.17. The maximum Gasteiger partial charge on any atom is 0.150 e. The molecular weight excluding hydrogens is 344 g/mol. The molecule has 2 atom stereocenters. The van der Waals surface area contributed by atoms with Crippen molar-refractivity contribution in [2.24, 2.45) is 11.8 Å². The van der Waals surface area contributed by atoms with Gasteiger partial charge >= 0.3 is 0 Å². The molecule has 156 valence electrons. The van der Waals surface area contributed by atoms with Crippen molar-refractivity contribution in [1.82, 2.24) is 0 Å². The van der Waals surface area contributed by atoms with Crippen molar-refractivity contribution in [3.63, 3.8) is 0 Å². The number of hydrogen-bond donors (Lipinski definition) is 1. The summed E-state index contributed by atoms with van der Waals surface area (Å²) in [5.74, 6) is 4.93. The van der Waals surface area contributed by atoms with Crippen molar-refractivity contribution in [2.75, 3.05) is 0 Å². The third kappa shape index (κ3) is 6.85. The Morgan fingerprint density at radius 3 is 2.29 bits per heavy atom. The van der Waals surface area contributed by atoms with E-state index in [1.807, 2.05) is 24.3 Å². The molecule has 0 saturated heterocycles. The van der Waals surface area contributed by atoms with Gasteiger partial charge in [-0.2, -0.15) is 0 Å². The van der Waals surface area contributed by atoms with Gasteiger partial charge in [-0.1, -0.05) is 83.3 Å². The summed E-state index contributed by atoms with van der Waals surface area (Å²) in [6.45, 7) is 6.60. The molecule has 2 heteroatoms. The predicted molar refractivity (Wildman–Crippen MR) is 118 cm³/mol. The molecule has 0 radical (unpaired) electrons. The molecule has 1 aliphatic rings. The maximum absolute atomic E-state index is 11.2. The Hall–Kier alpha value is -1.46. The zero-order valence-electron chi connectivity index (χ0n) is 18.3. The van der Waals surface area contributed by atoms with Gasteiger partial charge in [-0.3, -0.25) is 0 Å². The van der Waals surface area contributed by atoms with E-state index in [0.29, 0.717) is 12.3 Å². The molecule has 28 heavy (non-hydrogen) atoms. The molecule has 0 bridgehead atoms. The fourth-order valence-electron chi connectivity index (χ4n) is 4.59. The van der Waals surface area contributed by atoms with Crippen LogP contribution in [0.3, 0.4) is 0 Å². The van der Waals surface area contributed by atoms with Crippen molar-refractivity contribution in [3.05, 3.63) is 29.8 Å². The van der Waals surface area contributed by atoms with Gasteiger partial charge in [0.2, 0.25) is 0 Å². The molecule has 1 N–H and O–H groups in total.